The van der Waals surface area contributed by atoms with Crippen molar-refractivity contribution in [3.8, 4) is 0 Å². The summed E-state index contributed by atoms with van der Waals surface area (Å²) in [5, 5.41) is 9.44. The monoisotopic (exact) mass is 271 g/mol. The van der Waals surface area contributed by atoms with Crippen molar-refractivity contribution in [2.75, 3.05) is 6.54 Å². The molecular weight excluding hydrogens is 254 g/mol. The summed E-state index contributed by atoms with van der Waals surface area (Å²) in [6, 6.07) is 6.49. The Bertz CT molecular complexity index is 575. The number of carbonyl (C=O) groups is 2. The molecule has 1 aromatic carbocycles. The van der Waals surface area contributed by atoms with E-state index in [1.165, 1.54) is 11.0 Å². The molecule has 0 saturated heterocycles. The van der Waals surface area contributed by atoms with Crippen LogP contribution in [0.15, 0.2) is 48.6 Å². The molecular formula is C16H17NO3. The van der Waals surface area contributed by atoms with Crippen LogP contribution in [0, 0.1) is 0 Å². The lowest BCUT2D eigenvalue weighted by molar-refractivity contribution is -0.149. The molecule has 4 heteroatoms. The molecule has 0 radical (unpaired) electrons. The van der Waals surface area contributed by atoms with E-state index in [-0.39, 0.29) is 5.91 Å². The second-order valence-electron chi connectivity index (χ2n) is 4.61. The lowest BCUT2D eigenvalue weighted by atomic mass is 9.92. The van der Waals surface area contributed by atoms with E-state index >= 15 is 0 Å². The third-order valence-corrected chi connectivity index (χ3v) is 3.34. The highest BCUT2D eigenvalue weighted by Gasteiger charge is 2.34. The molecule has 1 aliphatic heterocycles. The van der Waals surface area contributed by atoms with Crippen molar-refractivity contribution in [1.82, 2.24) is 4.90 Å². The molecule has 0 spiro atoms. The molecule has 1 heterocycles. The Labute approximate surface area is 118 Å². The van der Waals surface area contributed by atoms with Gasteiger partial charge in [0, 0.05) is 12.6 Å². The molecule has 1 aromatic rings. The van der Waals surface area contributed by atoms with E-state index in [1.807, 2.05) is 25.1 Å². The highest BCUT2D eigenvalue weighted by molar-refractivity contribution is 5.92. The van der Waals surface area contributed by atoms with E-state index < -0.39 is 12.0 Å². The summed E-state index contributed by atoms with van der Waals surface area (Å²) < 4.78 is 0. The van der Waals surface area contributed by atoms with Crippen LogP contribution >= 0.6 is 0 Å². The van der Waals surface area contributed by atoms with Gasteiger partial charge in [-0.05, 0) is 24.5 Å². The molecule has 0 saturated carbocycles. The number of carboxylic acid groups (broad SMARTS) is 1. The molecule has 104 valence electrons. The number of allylic oxidation sites excluding steroid dienone is 3. The van der Waals surface area contributed by atoms with Gasteiger partial charge in [-0.25, -0.2) is 4.79 Å². The first-order valence-electron chi connectivity index (χ1n) is 6.55. The zero-order valence-electron chi connectivity index (χ0n) is 11.3. The SMILES string of the molecule is CC=CC=CC(=O)N1CCc2ccccc2C1C(=O)O. The summed E-state index contributed by atoms with van der Waals surface area (Å²) in [4.78, 5) is 25.1. The maximum Gasteiger partial charge on any atom is 0.331 e. The Balaban J connectivity index is 2.31. The van der Waals surface area contributed by atoms with Gasteiger partial charge in [0.15, 0.2) is 6.04 Å². The molecule has 2 rings (SSSR count). The molecule has 20 heavy (non-hydrogen) atoms. The van der Waals surface area contributed by atoms with Gasteiger partial charge in [-0.1, -0.05) is 42.5 Å². The second-order valence-corrected chi connectivity index (χ2v) is 4.61. The lowest BCUT2D eigenvalue weighted by Gasteiger charge is -2.34. The molecule has 1 atom stereocenters. The molecule has 1 N–H and O–H groups in total. The summed E-state index contributed by atoms with van der Waals surface area (Å²) in [6.45, 7) is 2.28. The fourth-order valence-electron chi connectivity index (χ4n) is 2.42. The smallest absolute Gasteiger partial charge is 0.331 e. The Kier molecular flexibility index (Phi) is 4.35. The van der Waals surface area contributed by atoms with Crippen molar-refractivity contribution in [2.45, 2.75) is 19.4 Å². The Morgan fingerprint density at radius 3 is 2.75 bits per heavy atom. The first kappa shape index (κ1) is 14.1. The van der Waals surface area contributed by atoms with E-state index in [0.29, 0.717) is 18.5 Å². The second kappa shape index (κ2) is 6.19. The molecule has 1 aliphatic rings. The predicted molar refractivity (Wildman–Crippen MR) is 76.2 cm³/mol. The topological polar surface area (TPSA) is 57.6 Å². The number of amides is 1. The van der Waals surface area contributed by atoms with Crippen molar-refractivity contribution < 1.29 is 14.7 Å². The van der Waals surface area contributed by atoms with Gasteiger partial charge in [0.25, 0.3) is 0 Å². The Morgan fingerprint density at radius 1 is 1.30 bits per heavy atom. The number of hydrogen-bond acceptors (Lipinski definition) is 2. The Hall–Kier alpha value is -2.36. The fraction of sp³-hybridized carbons (Fsp3) is 0.250. The van der Waals surface area contributed by atoms with Crippen LogP contribution in [-0.2, 0) is 16.0 Å². The number of nitrogens with zero attached hydrogens (tertiary/aromatic N) is 1. The van der Waals surface area contributed by atoms with Gasteiger partial charge in [0.05, 0.1) is 0 Å². The molecule has 4 nitrogen and oxygen atoms in total. The fourth-order valence-corrected chi connectivity index (χ4v) is 2.42. The highest BCUT2D eigenvalue weighted by atomic mass is 16.4. The zero-order valence-corrected chi connectivity index (χ0v) is 11.3. The first-order valence-corrected chi connectivity index (χ1v) is 6.55. The minimum atomic E-state index is -0.995. The Morgan fingerprint density at radius 2 is 2.05 bits per heavy atom. The number of fused-ring (bicyclic) bond motifs is 1. The summed E-state index contributed by atoms with van der Waals surface area (Å²) in [7, 11) is 0. The molecule has 0 bridgehead atoms. The molecule has 1 unspecified atom stereocenters. The molecule has 0 aromatic heterocycles. The van der Waals surface area contributed by atoms with Gasteiger partial charge in [0.2, 0.25) is 5.91 Å². The summed E-state index contributed by atoms with van der Waals surface area (Å²) >= 11 is 0. The van der Waals surface area contributed by atoms with Crippen molar-refractivity contribution in [3.63, 3.8) is 0 Å². The maximum absolute atomic E-state index is 12.1. The van der Waals surface area contributed by atoms with E-state index in [9.17, 15) is 14.7 Å². The number of rotatable bonds is 3. The quantitative estimate of drug-likeness (QED) is 0.678. The normalized spacial score (nSPS) is 18.4. The van der Waals surface area contributed by atoms with E-state index in [4.69, 9.17) is 0 Å². The van der Waals surface area contributed by atoms with Crippen molar-refractivity contribution in [2.24, 2.45) is 0 Å². The van der Waals surface area contributed by atoms with Gasteiger partial charge in [-0.3, -0.25) is 4.79 Å². The third-order valence-electron chi connectivity index (χ3n) is 3.34. The van der Waals surface area contributed by atoms with Gasteiger partial charge < -0.3 is 10.0 Å². The van der Waals surface area contributed by atoms with E-state index in [0.717, 1.165) is 5.56 Å². The van der Waals surface area contributed by atoms with Crippen LogP contribution in [0.3, 0.4) is 0 Å². The third kappa shape index (κ3) is 2.79. The molecule has 0 aliphatic carbocycles. The standard InChI is InChI=1S/C16H17NO3/c1-2-3-4-9-14(18)17-11-10-12-7-5-6-8-13(12)15(17)16(19)20/h2-9,15H,10-11H2,1H3,(H,19,20). The van der Waals surface area contributed by atoms with E-state index in [1.54, 1.807) is 24.3 Å². The minimum Gasteiger partial charge on any atom is -0.479 e. The van der Waals surface area contributed by atoms with Crippen LogP contribution < -0.4 is 0 Å². The van der Waals surface area contributed by atoms with Gasteiger partial charge in [-0.2, -0.15) is 0 Å². The largest absolute Gasteiger partial charge is 0.479 e. The van der Waals surface area contributed by atoms with Crippen LogP contribution in [0.4, 0.5) is 0 Å². The number of benzene rings is 1. The number of carboxylic acids is 1. The number of carbonyl (C=O) groups excluding carboxylic acids is 1. The van der Waals surface area contributed by atoms with Crippen molar-refractivity contribution in [3.05, 3.63) is 59.7 Å². The summed E-state index contributed by atoms with van der Waals surface area (Å²) in [6.07, 6.45) is 7.27. The molecule has 0 fully saturated rings. The van der Waals surface area contributed by atoms with Gasteiger partial charge >= 0.3 is 5.97 Å². The number of aliphatic carboxylic acids is 1. The van der Waals surface area contributed by atoms with Crippen LogP contribution in [0.5, 0.6) is 0 Å². The minimum absolute atomic E-state index is 0.273. The first-order chi connectivity index (χ1) is 9.65. The van der Waals surface area contributed by atoms with Crippen LogP contribution in [0.1, 0.15) is 24.1 Å². The summed E-state index contributed by atoms with van der Waals surface area (Å²) in [5.74, 6) is -1.27. The van der Waals surface area contributed by atoms with Gasteiger partial charge in [-0.15, -0.1) is 0 Å². The van der Waals surface area contributed by atoms with Crippen molar-refractivity contribution in [1.29, 1.82) is 0 Å². The van der Waals surface area contributed by atoms with Crippen LogP contribution in [0.2, 0.25) is 0 Å². The average Bonchev–Trinajstić information content (AvgIpc) is 2.45. The van der Waals surface area contributed by atoms with Crippen LogP contribution in [0.25, 0.3) is 0 Å². The number of hydrogen-bond donors (Lipinski definition) is 1. The van der Waals surface area contributed by atoms with Gasteiger partial charge in [0.1, 0.15) is 0 Å². The van der Waals surface area contributed by atoms with Crippen LogP contribution in [-0.4, -0.2) is 28.4 Å². The van der Waals surface area contributed by atoms with E-state index in [2.05, 4.69) is 0 Å². The zero-order chi connectivity index (χ0) is 14.5. The average molecular weight is 271 g/mol. The summed E-state index contributed by atoms with van der Waals surface area (Å²) in [5.41, 5.74) is 1.71. The van der Waals surface area contributed by atoms with Crippen molar-refractivity contribution >= 4 is 11.9 Å². The maximum atomic E-state index is 12.1. The lowest BCUT2D eigenvalue weighted by Crippen LogP contribution is -2.42. The predicted octanol–water partition coefficient (Wildman–Crippen LogP) is 2.33. The molecule has 1 amide bonds. The highest BCUT2D eigenvalue weighted by Crippen LogP contribution is 2.30.